The molecule has 0 unspecified atom stereocenters. The summed E-state index contributed by atoms with van der Waals surface area (Å²) in [6, 6.07) is 16.1. The van der Waals surface area contributed by atoms with E-state index in [0.717, 1.165) is 22.6 Å². The summed E-state index contributed by atoms with van der Waals surface area (Å²) < 4.78 is 11.1. The normalized spacial score (nSPS) is 10.6. The van der Waals surface area contributed by atoms with E-state index in [1.165, 1.54) is 0 Å². The number of ether oxygens (including phenoxy) is 2. The summed E-state index contributed by atoms with van der Waals surface area (Å²) in [5.41, 5.74) is 2.31. The van der Waals surface area contributed by atoms with Crippen LogP contribution in [0.2, 0.25) is 0 Å². The van der Waals surface area contributed by atoms with Gasteiger partial charge in [-0.1, -0.05) is 24.3 Å². The van der Waals surface area contributed by atoms with Gasteiger partial charge in [-0.25, -0.2) is 0 Å². The van der Waals surface area contributed by atoms with Crippen LogP contribution in [0.15, 0.2) is 48.5 Å². The number of rotatable bonds is 6. The molecule has 3 heteroatoms. The van der Waals surface area contributed by atoms with E-state index in [9.17, 15) is 0 Å². The molecule has 0 aliphatic rings. The lowest BCUT2D eigenvalue weighted by Crippen LogP contribution is -2.05. The molecule has 2 rings (SSSR count). The monoisotopic (exact) mass is 290 g/mol. The molecule has 0 N–H and O–H groups in total. The standard InChI is InChI=1S/C17H19ClO2/c1-13(2)20-17-9-5-15(6-10-17)14-3-7-16(8-4-14)19-12-11-18/h3-10,13H,11-12H2,1-2H3. The molecule has 0 spiro atoms. The van der Waals surface area contributed by atoms with Crippen LogP contribution in [0.3, 0.4) is 0 Å². The van der Waals surface area contributed by atoms with Gasteiger partial charge in [0.25, 0.3) is 0 Å². The molecule has 0 saturated carbocycles. The Morgan fingerprint density at radius 3 is 1.80 bits per heavy atom. The van der Waals surface area contributed by atoms with Crippen molar-refractivity contribution in [3.63, 3.8) is 0 Å². The van der Waals surface area contributed by atoms with Crippen molar-refractivity contribution in [3.8, 4) is 22.6 Å². The Labute approximate surface area is 125 Å². The topological polar surface area (TPSA) is 18.5 Å². The average molecular weight is 291 g/mol. The summed E-state index contributed by atoms with van der Waals surface area (Å²) in [5, 5.41) is 0. The zero-order valence-corrected chi connectivity index (χ0v) is 12.6. The third-order valence-electron chi connectivity index (χ3n) is 2.76. The van der Waals surface area contributed by atoms with Gasteiger partial charge in [0, 0.05) is 0 Å². The Morgan fingerprint density at radius 1 is 0.850 bits per heavy atom. The fraction of sp³-hybridized carbons (Fsp3) is 0.294. The lowest BCUT2D eigenvalue weighted by atomic mass is 10.1. The van der Waals surface area contributed by atoms with Gasteiger partial charge in [-0.05, 0) is 49.2 Å². The summed E-state index contributed by atoms with van der Waals surface area (Å²) in [6.07, 6.45) is 0.194. The number of hydrogen-bond donors (Lipinski definition) is 0. The van der Waals surface area contributed by atoms with Crippen molar-refractivity contribution in [2.75, 3.05) is 12.5 Å². The van der Waals surface area contributed by atoms with Gasteiger partial charge < -0.3 is 9.47 Å². The molecular formula is C17H19ClO2. The molecule has 2 aromatic carbocycles. The quantitative estimate of drug-likeness (QED) is 0.714. The van der Waals surface area contributed by atoms with Gasteiger partial charge in [0.1, 0.15) is 18.1 Å². The Morgan fingerprint density at radius 2 is 1.35 bits per heavy atom. The van der Waals surface area contributed by atoms with E-state index in [1.807, 2.05) is 50.2 Å². The average Bonchev–Trinajstić information content (AvgIpc) is 2.46. The molecule has 0 aliphatic carbocycles. The molecule has 0 saturated heterocycles. The second-order valence-electron chi connectivity index (χ2n) is 4.75. The molecule has 0 fully saturated rings. The fourth-order valence-corrected chi connectivity index (χ4v) is 1.98. The number of benzene rings is 2. The van der Waals surface area contributed by atoms with Crippen LogP contribution in [0.4, 0.5) is 0 Å². The van der Waals surface area contributed by atoms with Crippen molar-refractivity contribution in [1.29, 1.82) is 0 Å². The predicted molar refractivity (Wildman–Crippen MR) is 83.9 cm³/mol. The Hall–Kier alpha value is -1.67. The third-order valence-corrected chi connectivity index (χ3v) is 2.91. The van der Waals surface area contributed by atoms with Gasteiger partial charge in [-0.15, -0.1) is 11.6 Å². The molecule has 2 nitrogen and oxygen atoms in total. The molecular weight excluding hydrogens is 272 g/mol. The largest absolute Gasteiger partial charge is 0.492 e. The van der Waals surface area contributed by atoms with E-state index in [1.54, 1.807) is 0 Å². The first-order chi connectivity index (χ1) is 9.69. The van der Waals surface area contributed by atoms with Crippen LogP contribution in [0.5, 0.6) is 11.5 Å². The maximum absolute atomic E-state index is 5.64. The van der Waals surface area contributed by atoms with Crippen molar-refractivity contribution in [2.45, 2.75) is 20.0 Å². The summed E-state index contributed by atoms with van der Waals surface area (Å²) in [4.78, 5) is 0. The van der Waals surface area contributed by atoms with E-state index >= 15 is 0 Å². The molecule has 0 bridgehead atoms. The van der Waals surface area contributed by atoms with Crippen LogP contribution in [0.25, 0.3) is 11.1 Å². The maximum atomic E-state index is 5.64. The minimum atomic E-state index is 0.194. The van der Waals surface area contributed by atoms with Crippen LogP contribution < -0.4 is 9.47 Å². The van der Waals surface area contributed by atoms with Crippen LogP contribution >= 0.6 is 11.6 Å². The van der Waals surface area contributed by atoms with Crippen molar-refractivity contribution >= 4 is 11.6 Å². The van der Waals surface area contributed by atoms with Gasteiger partial charge in [0.15, 0.2) is 0 Å². The van der Waals surface area contributed by atoms with Gasteiger partial charge >= 0.3 is 0 Å². The minimum absolute atomic E-state index is 0.194. The summed E-state index contributed by atoms with van der Waals surface area (Å²) in [6.45, 7) is 4.57. The van der Waals surface area contributed by atoms with Crippen molar-refractivity contribution in [3.05, 3.63) is 48.5 Å². The lowest BCUT2D eigenvalue weighted by molar-refractivity contribution is 0.242. The maximum Gasteiger partial charge on any atom is 0.119 e. The molecule has 0 aliphatic heterocycles. The number of alkyl halides is 1. The van der Waals surface area contributed by atoms with E-state index in [4.69, 9.17) is 21.1 Å². The Bertz CT molecular complexity index is 518. The lowest BCUT2D eigenvalue weighted by Gasteiger charge is -2.10. The third kappa shape index (κ3) is 4.17. The van der Waals surface area contributed by atoms with Gasteiger partial charge in [0.2, 0.25) is 0 Å². The van der Waals surface area contributed by atoms with Gasteiger partial charge in [-0.2, -0.15) is 0 Å². The molecule has 2 aromatic rings. The van der Waals surface area contributed by atoms with Crippen molar-refractivity contribution in [1.82, 2.24) is 0 Å². The summed E-state index contributed by atoms with van der Waals surface area (Å²) in [7, 11) is 0. The SMILES string of the molecule is CC(C)Oc1ccc(-c2ccc(OCCCl)cc2)cc1. The first kappa shape index (κ1) is 14.7. The predicted octanol–water partition coefficient (Wildman–Crippen LogP) is 4.76. The van der Waals surface area contributed by atoms with Crippen molar-refractivity contribution in [2.24, 2.45) is 0 Å². The van der Waals surface area contributed by atoms with E-state index in [-0.39, 0.29) is 6.10 Å². The summed E-state index contributed by atoms with van der Waals surface area (Å²) in [5.74, 6) is 2.24. The van der Waals surface area contributed by atoms with Crippen LogP contribution in [0, 0.1) is 0 Å². The molecule has 0 heterocycles. The van der Waals surface area contributed by atoms with Crippen LogP contribution in [-0.2, 0) is 0 Å². The van der Waals surface area contributed by atoms with E-state index in [2.05, 4.69) is 12.1 Å². The highest BCUT2D eigenvalue weighted by Crippen LogP contribution is 2.25. The highest BCUT2D eigenvalue weighted by Gasteiger charge is 2.01. The molecule has 0 radical (unpaired) electrons. The van der Waals surface area contributed by atoms with Gasteiger partial charge in [-0.3, -0.25) is 0 Å². The first-order valence-corrected chi connectivity index (χ1v) is 7.28. The van der Waals surface area contributed by atoms with Gasteiger partial charge in [0.05, 0.1) is 12.0 Å². The minimum Gasteiger partial charge on any atom is -0.492 e. The second kappa shape index (κ2) is 7.20. The number of hydrogen-bond acceptors (Lipinski definition) is 2. The molecule has 20 heavy (non-hydrogen) atoms. The number of halogens is 1. The molecule has 0 amide bonds. The fourth-order valence-electron chi connectivity index (χ4n) is 1.90. The van der Waals surface area contributed by atoms with Crippen molar-refractivity contribution < 1.29 is 9.47 Å². The highest BCUT2D eigenvalue weighted by atomic mass is 35.5. The molecule has 0 aromatic heterocycles. The highest BCUT2D eigenvalue weighted by molar-refractivity contribution is 6.18. The molecule has 106 valence electrons. The second-order valence-corrected chi connectivity index (χ2v) is 5.13. The zero-order chi connectivity index (χ0) is 14.4. The Kier molecular flexibility index (Phi) is 5.31. The first-order valence-electron chi connectivity index (χ1n) is 6.75. The van der Waals surface area contributed by atoms with E-state index in [0.29, 0.717) is 12.5 Å². The zero-order valence-electron chi connectivity index (χ0n) is 11.8. The molecule has 0 atom stereocenters. The summed E-state index contributed by atoms with van der Waals surface area (Å²) >= 11 is 5.59. The smallest absolute Gasteiger partial charge is 0.119 e. The van der Waals surface area contributed by atoms with E-state index < -0.39 is 0 Å². The Balaban J connectivity index is 2.07. The van der Waals surface area contributed by atoms with Crippen LogP contribution in [0.1, 0.15) is 13.8 Å². The van der Waals surface area contributed by atoms with Crippen LogP contribution in [-0.4, -0.2) is 18.6 Å².